The molecule has 1 aliphatic rings. The van der Waals surface area contributed by atoms with Crippen molar-refractivity contribution in [1.82, 2.24) is 9.55 Å². The molecule has 0 radical (unpaired) electrons. The second kappa shape index (κ2) is 5.21. The Kier molecular flexibility index (Phi) is 3.55. The zero-order valence-corrected chi connectivity index (χ0v) is 12.7. The summed E-state index contributed by atoms with van der Waals surface area (Å²) in [6, 6.07) is 9.06. The summed E-state index contributed by atoms with van der Waals surface area (Å²) in [7, 11) is 0. The predicted octanol–water partition coefficient (Wildman–Crippen LogP) is 3.53. The van der Waals surface area contributed by atoms with Crippen LogP contribution in [0.4, 0.5) is 0 Å². The molecule has 4 atom stereocenters. The highest BCUT2D eigenvalue weighted by Gasteiger charge is 2.34. The smallest absolute Gasteiger partial charge is 0.109 e. The van der Waals surface area contributed by atoms with Gasteiger partial charge in [0.2, 0.25) is 0 Å². The van der Waals surface area contributed by atoms with Crippen molar-refractivity contribution >= 4 is 11.0 Å². The minimum atomic E-state index is 0.233. The van der Waals surface area contributed by atoms with E-state index < -0.39 is 0 Å². The number of para-hydroxylation sites is 2. The molecule has 0 aliphatic heterocycles. The number of nitrogens with zero attached hydrogens (tertiary/aromatic N) is 2. The Labute approximate surface area is 121 Å². The number of fused-ring (bicyclic) bond motifs is 1. The monoisotopic (exact) mass is 271 g/mol. The second-order valence-corrected chi connectivity index (χ2v) is 6.45. The molecule has 3 heteroatoms. The van der Waals surface area contributed by atoms with Gasteiger partial charge < -0.3 is 10.3 Å². The van der Waals surface area contributed by atoms with E-state index in [4.69, 9.17) is 10.7 Å². The number of aryl methyl sites for hydroxylation is 1. The van der Waals surface area contributed by atoms with Crippen molar-refractivity contribution in [3.8, 4) is 0 Å². The fraction of sp³-hybridized carbons (Fsp3) is 0.588. The maximum absolute atomic E-state index is 6.52. The molecule has 1 heterocycles. The van der Waals surface area contributed by atoms with Crippen LogP contribution in [0.5, 0.6) is 0 Å². The van der Waals surface area contributed by atoms with Crippen molar-refractivity contribution in [2.45, 2.75) is 52.1 Å². The Balaban J connectivity index is 2.12. The van der Waals surface area contributed by atoms with Crippen molar-refractivity contribution in [3.05, 3.63) is 30.1 Å². The Morgan fingerprint density at radius 1 is 1.25 bits per heavy atom. The van der Waals surface area contributed by atoms with Gasteiger partial charge in [0.15, 0.2) is 0 Å². The average molecular weight is 271 g/mol. The second-order valence-electron chi connectivity index (χ2n) is 6.45. The van der Waals surface area contributed by atoms with Crippen molar-refractivity contribution in [2.75, 3.05) is 0 Å². The summed E-state index contributed by atoms with van der Waals surface area (Å²) < 4.78 is 2.43. The van der Waals surface area contributed by atoms with Crippen molar-refractivity contribution in [1.29, 1.82) is 0 Å². The maximum atomic E-state index is 6.52. The van der Waals surface area contributed by atoms with Gasteiger partial charge in [0, 0.05) is 12.5 Å². The van der Waals surface area contributed by atoms with E-state index in [9.17, 15) is 0 Å². The summed E-state index contributed by atoms with van der Waals surface area (Å²) in [5.74, 6) is 2.51. The number of aromatic nitrogens is 2. The third kappa shape index (κ3) is 2.14. The van der Waals surface area contributed by atoms with Crippen LogP contribution < -0.4 is 5.73 Å². The molecule has 1 fully saturated rings. The standard InChI is InChI=1S/C17H25N3/c1-4-16-19-14-7-5-6-8-15(14)20(16)17-12(3)9-11(2)10-13(17)18/h5-8,11-13,17H,4,9-10,18H2,1-3H3. The lowest BCUT2D eigenvalue weighted by Crippen LogP contribution is -2.42. The zero-order chi connectivity index (χ0) is 14.3. The van der Waals surface area contributed by atoms with Gasteiger partial charge in [-0.25, -0.2) is 4.98 Å². The molecule has 3 rings (SSSR count). The normalized spacial score (nSPS) is 30.8. The SMILES string of the molecule is CCc1nc2ccccc2n1C1C(C)CC(C)CC1N. The molecular weight excluding hydrogens is 246 g/mol. The van der Waals surface area contributed by atoms with Gasteiger partial charge in [0.05, 0.1) is 17.1 Å². The molecule has 0 amide bonds. The quantitative estimate of drug-likeness (QED) is 0.908. The van der Waals surface area contributed by atoms with E-state index in [0.29, 0.717) is 12.0 Å². The van der Waals surface area contributed by atoms with E-state index >= 15 is 0 Å². The van der Waals surface area contributed by atoms with Gasteiger partial charge in [-0.05, 0) is 36.8 Å². The molecular formula is C17H25N3. The summed E-state index contributed by atoms with van der Waals surface area (Å²) in [6.45, 7) is 6.84. The fourth-order valence-corrected chi connectivity index (χ4v) is 4.02. The van der Waals surface area contributed by atoms with Gasteiger partial charge in [-0.15, -0.1) is 0 Å². The van der Waals surface area contributed by atoms with Crippen molar-refractivity contribution in [2.24, 2.45) is 17.6 Å². The fourth-order valence-electron chi connectivity index (χ4n) is 4.02. The molecule has 2 aromatic rings. The molecule has 1 aromatic carbocycles. The van der Waals surface area contributed by atoms with Crippen LogP contribution in [0.25, 0.3) is 11.0 Å². The molecule has 4 unspecified atom stereocenters. The third-order valence-electron chi connectivity index (χ3n) is 4.75. The van der Waals surface area contributed by atoms with Crippen LogP contribution in [0.3, 0.4) is 0 Å². The lowest BCUT2D eigenvalue weighted by Gasteiger charge is -2.39. The van der Waals surface area contributed by atoms with Crippen LogP contribution in [-0.2, 0) is 6.42 Å². The van der Waals surface area contributed by atoms with E-state index in [1.165, 1.54) is 17.8 Å². The molecule has 2 N–H and O–H groups in total. The topological polar surface area (TPSA) is 43.8 Å². The van der Waals surface area contributed by atoms with Crippen LogP contribution in [-0.4, -0.2) is 15.6 Å². The van der Waals surface area contributed by atoms with Crippen LogP contribution in [0.2, 0.25) is 0 Å². The van der Waals surface area contributed by atoms with Crippen molar-refractivity contribution < 1.29 is 0 Å². The molecule has 0 bridgehead atoms. The highest BCUT2D eigenvalue weighted by atomic mass is 15.1. The van der Waals surface area contributed by atoms with Crippen LogP contribution >= 0.6 is 0 Å². The summed E-state index contributed by atoms with van der Waals surface area (Å²) in [5, 5.41) is 0. The third-order valence-corrected chi connectivity index (χ3v) is 4.75. The highest BCUT2D eigenvalue weighted by Crippen LogP contribution is 2.38. The number of hydrogen-bond donors (Lipinski definition) is 1. The average Bonchev–Trinajstić information content (AvgIpc) is 2.76. The Hall–Kier alpha value is -1.35. The first-order valence-corrected chi connectivity index (χ1v) is 7.83. The van der Waals surface area contributed by atoms with Gasteiger partial charge in [-0.3, -0.25) is 0 Å². The van der Waals surface area contributed by atoms with Gasteiger partial charge in [-0.1, -0.05) is 32.9 Å². The van der Waals surface area contributed by atoms with Gasteiger partial charge in [-0.2, -0.15) is 0 Å². The van der Waals surface area contributed by atoms with E-state index in [1.54, 1.807) is 0 Å². The van der Waals surface area contributed by atoms with Gasteiger partial charge in [0.1, 0.15) is 5.82 Å². The maximum Gasteiger partial charge on any atom is 0.109 e. The largest absolute Gasteiger partial charge is 0.326 e. The minimum absolute atomic E-state index is 0.233. The van der Waals surface area contributed by atoms with Crippen molar-refractivity contribution in [3.63, 3.8) is 0 Å². The molecule has 3 nitrogen and oxygen atoms in total. The summed E-state index contributed by atoms with van der Waals surface area (Å²) in [5.41, 5.74) is 8.86. The lowest BCUT2D eigenvalue weighted by atomic mass is 9.76. The molecule has 20 heavy (non-hydrogen) atoms. The molecule has 0 spiro atoms. The van der Waals surface area contributed by atoms with E-state index in [2.05, 4.69) is 49.6 Å². The van der Waals surface area contributed by atoms with E-state index in [0.717, 1.165) is 24.3 Å². The molecule has 0 saturated heterocycles. The van der Waals surface area contributed by atoms with Crippen LogP contribution in [0, 0.1) is 11.8 Å². The first kappa shape index (κ1) is 13.6. The number of imidazole rings is 1. The molecule has 108 valence electrons. The number of rotatable bonds is 2. The summed E-state index contributed by atoms with van der Waals surface area (Å²) in [4.78, 5) is 4.80. The zero-order valence-electron chi connectivity index (χ0n) is 12.7. The Morgan fingerprint density at radius 3 is 2.70 bits per heavy atom. The van der Waals surface area contributed by atoms with E-state index in [-0.39, 0.29) is 6.04 Å². The van der Waals surface area contributed by atoms with E-state index in [1.807, 2.05) is 0 Å². The number of benzene rings is 1. The highest BCUT2D eigenvalue weighted by molar-refractivity contribution is 5.76. The van der Waals surface area contributed by atoms with Gasteiger partial charge >= 0.3 is 0 Å². The number of hydrogen-bond acceptors (Lipinski definition) is 2. The van der Waals surface area contributed by atoms with Gasteiger partial charge in [0.25, 0.3) is 0 Å². The lowest BCUT2D eigenvalue weighted by molar-refractivity contribution is 0.178. The summed E-state index contributed by atoms with van der Waals surface area (Å²) >= 11 is 0. The minimum Gasteiger partial charge on any atom is -0.326 e. The molecule has 1 saturated carbocycles. The first-order chi connectivity index (χ1) is 9.61. The molecule has 1 aliphatic carbocycles. The first-order valence-electron chi connectivity index (χ1n) is 7.83. The van der Waals surface area contributed by atoms with Crippen LogP contribution in [0.15, 0.2) is 24.3 Å². The Morgan fingerprint density at radius 2 is 2.00 bits per heavy atom. The Bertz CT molecular complexity index is 589. The predicted molar refractivity (Wildman–Crippen MR) is 83.7 cm³/mol. The molecule has 1 aromatic heterocycles. The summed E-state index contributed by atoms with van der Waals surface area (Å²) in [6.07, 6.45) is 3.33. The number of nitrogens with two attached hydrogens (primary N) is 1. The van der Waals surface area contributed by atoms with Crippen LogP contribution in [0.1, 0.15) is 45.5 Å².